The number of hydrogen-bond acceptors (Lipinski definition) is 8. The number of benzene rings is 1. The molecular formula is C28H33Cl2N7O3. The lowest BCUT2D eigenvalue weighted by atomic mass is 9.93. The number of ether oxygens (including phenoxy) is 1. The number of nitrogens with zero attached hydrogens (tertiary/aromatic N) is 5. The zero-order chi connectivity index (χ0) is 27.9. The van der Waals surface area contributed by atoms with Crippen molar-refractivity contribution in [3.8, 4) is 22.9 Å². The Morgan fingerprint density at radius 3 is 2.40 bits per heavy atom. The van der Waals surface area contributed by atoms with E-state index in [4.69, 9.17) is 38.0 Å². The molecule has 2 aliphatic heterocycles. The van der Waals surface area contributed by atoms with Gasteiger partial charge in [0.2, 0.25) is 11.8 Å². The summed E-state index contributed by atoms with van der Waals surface area (Å²) < 4.78 is 6.15. The van der Waals surface area contributed by atoms with Crippen LogP contribution in [-0.4, -0.2) is 76.9 Å². The van der Waals surface area contributed by atoms with E-state index in [1.165, 1.54) is 0 Å². The van der Waals surface area contributed by atoms with Crippen LogP contribution in [0.3, 0.4) is 0 Å². The van der Waals surface area contributed by atoms with E-state index >= 15 is 0 Å². The Morgan fingerprint density at radius 1 is 1.02 bits per heavy atom. The third-order valence-electron chi connectivity index (χ3n) is 7.20. The Morgan fingerprint density at radius 2 is 1.73 bits per heavy atom. The number of carbonyl (C=O) groups is 1. The van der Waals surface area contributed by atoms with Crippen LogP contribution in [0.4, 0.5) is 10.7 Å². The summed E-state index contributed by atoms with van der Waals surface area (Å²) in [4.78, 5) is 29.1. The first-order valence-corrected chi connectivity index (χ1v) is 14.3. The molecule has 212 valence electrons. The van der Waals surface area contributed by atoms with Crippen LogP contribution >= 0.6 is 23.2 Å². The Kier molecular flexibility index (Phi) is 9.53. The minimum atomic E-state index is -0.966. The molecule has 2 saturated heterocycles. The summed E-state index contributed by atoms with van der Waals surface area (Å²) in [7, 11) is 0. The van der Waals surface area contributed by atoms with Gasteiger partial charge in [-0.15, -0.1) is 0 Å². The average molecular weight is 587 g/mol. The van der Waals surface area contributed by atoms with Crippen molar-refractivity contribution in [2.45, 2.75) is 25.8 Å². The van der Waals surface area contributed by atoms with Crippen LogP contribution in [0.5, 0.6) is 11.6 Å². The summed E-state index contributed by atoms with van der Waals surface area (Å²) in [6.45, 7) is 6.67. The lowest BCUT2D eigenvalue weighted by Crippen LogP contribution is -2.44. The SMILES string of the molecule is O=C(O)NCCC1CCN(Cc2cc(Oc3cnc(N4CCNCC4)nc3)nc(-c3cc(Cl)cc(Cl)c3)c2)CC1. The van der Waals surface area contributed by atoms with Crippen molar-refractivity contribution in [1.29, 1.82) is 0 Å². The number of pyridine rings is 1. The second kappa shape index (κ2) is 13.5. The molecule has 2 aromatic heterocycles. The molecule has 2 fully saturated rings. The zero-order valence-electron chi connectivity index (χ0n) is 22.2. The predicted octanol–water partition coefficient (Wildman–Crippen LogP) is 4.92. The minimum absolute atomic E-state index is 0.441. The number of anilines is 1. The topological polar surface area (TPSA) is 116 Å². The second-order valence-corrected chi connectivity index (χ2v) is 11.0. The molecule has 2 aliphatic rings. The Bertz CT molecular complexity index is 1280. The van der Waals surface area contributed by atoms with Crippen molar-refractivity contribution in [1.82, 2.24) is 30.5 Å². The summed E-state index contributed by atoms with van der Waals surface area (Å²) in [5.41, 5.74) is 2.57. The van der Waals surface area contributed by atoms with Crippen molar-refractivity contribution in [3.05, 3.63) is 58.3 Å². The van der Waals surface area contributed by atoms with Crippen LogP contribution in [0.25, 0.3) is 11.3 Å². The van der Waals surface area contributed by atoms with Crippen LogP contribution in [0.15, 0.2) is 42.7 Å². The second-order valence-electron chi connectivity index (χ2n) is 10.2. The van der Waals surface area contributed by atoms with Crippen molar-refractivity contribution in [3.63, 3.8) is 0 Å². The molecule has 0 unspecified atom stereocenters. The largest absolute Gasteiger partial charge is 0.465 e. The predicted molar refractivity (Wildman–Crippen MR) is 156 cm³/mol. The monoisotopic (exact) mass is 585 g/mol. The number of piperazine rings is 1. The lowest BCUT2D eigenvalue weighted by molar-refractivity contribution is 0.168. The summed E-state index contributed by atoms with van der Waals surface area (Å²) >= 11 is 12.6. The summed E-state index contributed by atoms with van der Waals surface area (Å²) in [6.07, 6.45) is 5.32. The molecule has 12 heteroatoms. The van der Waals surface area contributed by atoms with Gasteiger partial charge in [-0.1, -0.05) is 23.2 Å². The van der Waals surface area contributed by atoms with E-state index in [1.807, 2.05) is 24.3 Å². The molecule has 0 radical (unpaired) electrons. The third-order valence-corrected chi connectivity index (χ3v) is 7.64. The number of amides is 1. The maximum Gasteiger partial charge on any atom is 0.404 e. The van der Waals surface area contributed by atoms with E-state index < -0.39 is 6.09 Å². The van der Waals surface area contributed by atoms with Crippen LogP contribution in [0.2, 0.25) is 10.0 Å². The first-order valence-electron chi connectivity index (χ1n) is 13.5. The molecule has 1 aromatic carbocycles. The molecule has 5 rings (SSSR count). The number of rotatable bonds is 9. The molecule has 3 N–H and O–H groups in total. The van der Waals surface area contributed by atoms with Gasteiger partial charge in [-0.2, -0.15) is 0 Å². The highest BCUT2D eigenvalue weighted by Gasteiger charge is 2.20. The van der Waals surface area contributed by atoms with Crippen molar-refractivity contribution in [2.75, 3.05) is 50.7 Å². The van der Waals surface area contributed by atoms with Gasteiger partial charge in [-0.25, -0.2) is 19.7 Å². The smallest absolute Gasteiger partial charge is 0.404 e. The van der Waals surface area contributed by atoms with E-state index in [1.54, 1.807) is 18.5 Å². The molecule has 3 aromatic rings. The van der Waals surface area contributed by atoms with E-state index in [0.717, 1.165) is 76.2 Å². The number of piperidine rings is 1. The van der Waals surface area contributed by atoms with Crippen LogP contribution in [-0.2, 0) is 6.54 Å². The first kappa shape index (κ1) is 28.4. The molecule has 10 nitrogen and oxygen atoms in total. The third kappa shape index (κ3) is 7.94. The standard InChI is InChI=1S/C28H33Cl2N7O3/c29-22-13-21(14-23(30)15-22)25-11-20(18-36-7-2-19(3-8-36)1-4-32-28(38)39)12-26(35-25)40-24-16-33-27(34-17-24)37-9-5-31-6-10-37/h11-17,19,31-32H,1-10,18H2,(H,38,39). The van der Waals surface area contributed by atoms with Gasteiger partial charge in [-0.3, -0.25) is 4.90 Å². The number of likely N-dealkylation sites (tertiary alicyclic amines) is 1. The molecule has 0 aliphatic carbocycles. The Balaban J connectivity index is 1.31. The van der Waals surface area contributed by atoms with Crippen molar-refractivity contribution in [2.24, 2.45) is 5.92 Å². The highest BCUT2D eigenvalue weighted by Crippen LogP contribution is 2.31. The van der Waals surface area contributed by atoms with Crippen LogP contribution in [0.1, 0.15) is 24.8 Å². The lowest BCUT2D eigenvalue weighted by Gasteiger charge is -2.32. The molecule has 1 amide bonds. The summed E-state index contributed by atoms with van der Waals surface area (Å²) in [5.74, 6) is 2.16. The summed E-state index contributed by atoms with van der Waals surface area (Å²) in [5, 5.41) is 15.7. The highest BCUT2D eigenvalue weighted by atomic mass is 35.5. The van der Waals surface area contributed by atoms with E-state index in [2.05, 4.69) is 30.4 Å². The Hall–Kier alpha value is -3.18. The van der Waals surface area contributed by atoms with Gasteiger partial charge in [0.05, 0.1) is 18.1 Å². The number of nitrogens with one attached hydrogen (secondary N) is 2. The normalized spacial score (nSPS) is 16.6. The van der Waals surface area contributed by atoms with E-state index in [0.29, 0.717) is 45.8 Å². The minimum Gasteiger partial charge on any atom is -0.465 e. The molecule has 0 saturated carbocycles. The highest BCUT2D eigenvalue weighted by molar-refractivity contribution is 6.35. The first-order chi connectivity index (χ1) is 19.4. The maximum atomic E-state index is 10.7. The van der Waals surface area contributed by atoms with E-state index in [-0.39, 0.29) is 0 Å². The molecule has 4 heterocycles. The molecular weight excluding hydrogens is 553 g/mol. The number of halogens is 2. The number of carboxylic acid groups (broad SMARTS) is 1. The van der Waals surface area contributed by atoms with Gasteiger partial charge < -0.3 is 25.4 Å². The van der Waals surface area contributed by atoms with E-state index in [9.17, 15) is 4.79 Å². The van der Waals surface area contributed by atoms with Gasteiger partial charge in [0.1, 0.15) is 0 Å². The van der Waals surface area contributed by atoms with Gasteiger partial charge in [0, 0.05) is 60.9 Å². The van der Waals surface area contributed by atoms with Gasteiger partial charge in [-0.05, 0) is 68.1 Å². The average Bonchev–Trinajstić information content (AvgIpc) is 2.94. The fourth-order valence-electron chi connectivity index (χ4n) is 5.14. The number of aromatic nitrogens is 3. The number of hydrogen-bond donors (Lipinski definition) is 3. The van der Waals surface area contributed by atoms with Crippen molar-refractivity contribution < 1.29 is 14.6 Å². The molecule has 40 heavy (non-hydrogen) atoms. The van der Waals surface area contributed by atoms with Crippen LogP contribution < -0.4 is 20.3 Å². The van der Waals surface area contributed by atoms with Crippen molar-refractivity contribution >= 4 is 35.2 Å². The van der Waals surface area contributed by atoms with Gasteiger partial charge >= 0.3 is 6.09 Å². The fraction of sp³-hybridized carbons (Fsp3) is 0.429. The summed E-state index contributed by atoms with van der Waals surface area (Å²) in [6, 6.07) is 9.36. The maximum absolute atomic E-state index is 10.7. The molecule has 0 spiro atoms. The molecule has 0 atom stereocenters. The fourth-order valence-corrected chi connectivity index (χ4v) is 5.66. The zero-order valence-corrected chi connectivity index (χ0v) is 23.7. The van der Waals surface area contributed by atoms with Gasteiger partial charge in [0.15, 0.2) is 5.75 Å². The van der Waals surface area contributed by atoms with Gasteiger partial charge in [0.25, 0.3) is 0 Å². The molecule has 0 bridgehead atoms. The Labute approximate surface area is 243 Å². The van der Waals surface area contributed by atoms with Crippen LogP contribution in [0, 0.1) is 5.92 Å². The quantitative estimate of drug-likeness (QED) is 0.322.